The first-order valence-electron chi connectivity index (χ1n) is 9.26. The summed E-state index contributed by atoms with van der Waals surface area (Å²) in [5, 5.41) is 4.34. The third-order valence-corrected chi connectivity index (χ3v) is 4.86. The number of benzene rings is 1. The molecule has 2 aromatic rings. The number of fused-ring (bicyclic) bond motifs is 1. The van der Waals surface area contributed by atoms with Gasteiger partial charge < -0.3 is 20.7 Å². The fourth-order valence-electron chi connectivity index (χ4n) is 3.39. The lowest BCUT2D eigenvalue weighted by molar-refractivity contribution is -0.149. The number of esters is 1. The number of nitrogens with zero attached hydrogens (tertiary/aromatic N) is 2. The maximum Gasteiger partial charge on any atom is 0.302 e. The molecule has 1 unspecified atom stereocenters. The number of carbonyl (C=O) groups excluding carboxylic acids is 3. The minimum atomic E-state index is -0.656. The monoisotopic (exact) mass is 420 g/mol. The quantitative estimate of drug-likeness (QED) is 0.730. The number of pyridine rings is 1. The van der Waals surface area contributed by atoms with E-state index in [0.717, 1.165) is 10.8 Å². The molecular formula is C20H25ClN4O4. The van der Waals surface area contributed by atoms with Crippen molar-refractivity contribution in [3.8, 4) is 0 Å². The molecule has 29 heavy (non-hydrogen) atoms. The zero-order valence-electron chi connectivity index (χ0n) is 16.4. The molecule has 1 aliphatic rings. The van der Waals surface area contributed by atoms with E-state index < -0.39 is 6.04 Å². The fraction of sp³-hybridized carbons (Fsp3) is 0.400. The lowest BCUT2D eigenvalue weighted by Gasteiger charge is -2.33. The highest BCUT2D eigenvalue weighted by Gasteiger charge is 2.28. The lowest BCUT2D eigenvalue weighted by Crippen LogP contribution is -2.50. The van der Waals surface area contributed by atoms with Crippen molar-refractivity contribution in [3.05, 3.63) is 36.0 Å². The molecule has 2 amide bonds. The second-order valence-corrected chi connectivity index (χ2v) is 6.96. The molecule has 2 heterocycles. The Kier molecular flexibility index (Phi) is 7.39. The highest BCUT2D eigenvalue weighted by molar-refractivity contribution is 6.02. The van der Waals surface area contributed by atoms with Crippen LogP contribution in [-0.4, -0.2) is 52.9 Å². The van der Waals surface area contributed by atoms with Gasteiger partial charge in [-0.2, -0.15) is 0 Å². The lowest BCUT2D eigenvalue weighted by atomic mass is 10.1. The summed E-state index contributed by atoms with van der Waals surface area (Å²) >= 11 is 0. The van der Waals surface area contributed by atoms with Crippen LogP contribution in [0.15, 0.2) is 30.5 Å². The van der Waals surface area contributed by atoms with Gasteiger partial charge in [-0.25, -0.2) is 4.98 Å². The summed E-state index contributed by atoms with van der Waals surface area (Å²) < 4.78 is 5.19. The predicted octanol–water partition coefficient (Wildman–Crippen LogP) is 1.91. The van der Waals surface area contributed by atoms with Gasteiger partial charge in [0.15, 0.2) is 0 Å². The van der Waals surface area contributed by atoms with Gasteiger partial charge in [0.2, 0.25) is 5.91 Å². The number of likely N-dealkylation sites (tertiary alicyclic amines) is 1. The molecule has 156 valence electrons. The van der Waals surface area contributed by atoms with E-state index in [9.17, 15) is 14.4 Å². The van der Waals surface area contributed by atoms with Gasteiger partial charge in [0.05, 0.1) is 0 Å². The van der Waals surface area contributed by atoms with Gasteiger partial charge in [-0.1, -0.05) is 0 Å². The van der Waals surface area contributed by atoms with Crippen LogP contribution in [0.5, 0.6) is 0 Å². The van der Waals surface area contributed by atoms with E-state index in [1.807, 2.05) is 0 Å². The Morgan fingerprint density at radius 2 is 1.93 bits per heavy atom. The van der Waals surface area contributed by atoms with Gasteiger partial charge in [-0.15, -0.1) is 12.4 Å². The third kappa shape index (κ3) is 5.35. The van der Waals surface area contributed by atoms with Crippen molar-refractivity contribution in [1.82, 2.24) is 15.2 Å². The average Bonchev–Trinajstić information content (AvgIpc) is 2.67. The number of nitrogens with two attached hydrogens (primary N) is 1. The van der Waals surface area contributed by atoms with Crippen LogP contribution in [-0.2, 0) is 14.3 Å². The summed E-state index contributed by atoms with van der Waals surface area (Å²) in [4.78, 5) is 41.9. The molecule has 1 atom stereocenters. The average molecular weight is 421 g/mol. The second kappa shape index (κ2) is 9.56. The summed E-state index contributed by atoms with van der Waals surface area (Å²) in [5.41, 5.74) is 6.28. The molecule has 0 aliphatic carbocycles. The Morgan fingerprint density at radius 3 is 2.59 bits per heavy atom. The van der Waals surface area contributed by atoms with E-state index in [0.29, 0.717) is 37.3 Å². The summed E-state index contributed by atoms with van der Waals surface area (Å²) in [7, 11) is 0. The molecule has 0 bridgehead atoms. The van der Waals surface area contributed by atoms with Gasteiger partial charge in [-0.05, 0) is 36.6 Å². The maximum absolute atomic E-state index is 12.6. The molecule has 1 aromatic heterocycles. The SMILES string of the molecule is CC(=O)OC1CCN(C(=O)C(C)NC(=O)c2ccc3c(N)nccc3c2)CC1.Cl. The van der Waals surface area contributed by atoms with Crippen LogP contribution >= 0.6 is 12.4 Å². The minimum Gasteiger partial charge on any atom is -0.462 e. The van der Waals surface area contributed by atoms with Crippen molar-refractivity contribution in [1.29, 1.82) is 0 Å². The Bertz CT molecular complexity index is 912. The van der Waals surface area contributed by atoms with Gasteiger partial charge in [-0.3, -0.25) is 14.4 Å². The summed E-state index contributed by atoms with van der Waals surface area (Å²) in [6.45, 7) is 4.05. The van der Waals surface area contributed by atoms with E-state index in [4.69, 9.17) is 10.5 Å². The largest absolute Gasteiger partial charge is 0.462 e. The number of hydrogen-bond acceptors (Lipinski definition) is 6. The van der Waals surface area contributed by atoms with Crippen molar-refractivity contribution in [2.45, 2.75) is 38.8 Å². The summed E-state index contributed by atoms with van der Waals surface area (Å²) in [6, 6.07) is 6.27. The predicted molar refractivity (Wildman–Crippen MR) is 112 cm³/mol. The number of halogens is 1. The number of amides is 2. The summed E-state index contributed by atoms with van der Waals surface area (Å²) in [5.74, 6) is -0.375. The molecular weight excluding hydrogens is 396 g/mol. The molecule has 0 spiro atoms. The van der Waals surface area contributed by atoms with E-state index >= 15 is 0 Å². The molecule has 1 aliphatic heterocycles. The number of anilines is 1. The molecule has 9 heteroatoms. The van der Waals surface area contributed by atoms with E-state index in [1.54, 1.807) is 42.3 Å². The Hall–Kier alpha value is -2.87. The van der Waals surface area contributed by atoms with Crippen molar-refractivity contribution >= 4 is 46.8 Å². The molecule has 0 saturated carbocycles. The van der Waals surface area contributed by atoms with E-state index in [-0.39, 0.29) is 36.3 Å². The number of carbonyl (C=O) groups is 3. The van der Waals surface area contributed by atoms with Gasteiger partial charge in [0, 0.05) is 50.0 Å². The molecule has 3 N–H and O–H groups in total. The highest BCUT2D eigenvalue weighted by atomic mass is 35.5. The van der Waals surface area contributed by atoms with Crippen LogP contribution in [0.25, 0.3) is 10.8 Å². The van der Waals surface area contributed by atoms with Crippen molar-refractivity contribution in [2.75, 3.05) is 18.8 Å². The van der Waals surface area contributed by atoms with Gasteiger partial charge in [0.1, 0.15) is 18.0 Å². The number of aromatic nitrogens is 1. The van der Waals surface area contributed by atoms with Gasteiger partial charge in [0.25, 0.3) is 5.91 Å². The van der Waals surface area contributed by atoms with E-state index in [2.05, 4.69) is 10.3 Å². The third-order valence-electron chi connectivity index (χ3n) is 4.86. The minimum absolute atomic E-state index is 0. The Labute approximate surface area is 175 Å². The van der Waals surface area contributed by atoms with E-state index in [1.165, 1.54) is 6.92 Å². The van der Waals surface area contributed by atoms with Crippen LogP contribution in [0.1, 0.15) is 37.0 Å². The molecule has 1 saturated heterocycles. The fourth-order valence-corrected chi connectivity index (χ4v) is 3.39. The molecule has 1 fully saturated rings. The first-order valence-corrected chi connectivity index (χ1v) is 9.26. The van der Waals surface area contributed by atoms with Crippen molar-refractivity contribution in [3.63, 3.8) is 0 Å². The highest BCUT2D eigenvalue weighted by Crippen LogP contribution is 2.20. The number of nitrogen functional groups attached to an aromatic ring is 1. The number of hydrogen-bond donors (Lipinski definition) is 2. The molecule has 1 aromatic carbocycles. The Balaban J connectivity index is 0.00000300. The first kappa shape index (κ1) is 22.4. The topological polar surface area (TPSA) is 115 Å². The number of ether oxygens (including phenoxy) is 1. The smallest absolute Gasteiger partial charge is 0.302 e. The Morgan fingerprint density at radius 1 is 1.24 bits per heavy atom. The van der Waals surface area contributed by atoms with Gasteiger partial charge >= 0.3 is 5.97 Å². The normalized spacial score (nSPS) is 15.3. The van der Waals surface area contributed by atoms with Crippen LogP contribution in [0.3, 0.4) is 0 Å². The number of nitrogens with one attached hydrogen (secondary N) is 1. The number of rotatable bonds is 4. The summed E-state index contributed by atoms with van der Waals surface area (Å²) in [6.07, 6.45) is 2.65. The molecule has 8 nitrogen and oxygen atoms in total. The second-order valence-electron chi connectivity index (χ2n) is 6.96. The molecule has 3 rings (SSSR count). The standard InChI is InChI=1S/C20H24N4O4.ClH/c1-12(20(27)24-9-6-16(7-10-24)28-13(2)25)23-19(26)15-3-4-17-14(11-15)5-8-22-18(17)21;/h3-5,8,11-12,16H,6-7,9-10H2,1-2H3,(H2,21,22)(H,23,26);1H. The van der Waals surface area contributed by atoms with Crippen LogP contribution in [0, 0.1) is 0 Å². The zero-order chi connectivity index (χ0) is 20.3. The van der Waals surface area contributed by atoms with Crippen LogP contribution in [0.4, 0.5) is 5.82 Å². The van der Waals surface area contributed by atoms with Crippen LogP contribution in [0.2, 0.25) is 0 Å². The molecule has 0 radical (unpaired) electrons. The zero-order valence-corrected chi connectivity index (χ0v) is 17.2. The van der Waals surface area contributed by atoms with Crippen LogP contribution < -0.4 is 11.1 Å². The maximum atomic E-state index is 12.6. The van der Waals surface area contributed by atoms with Crippen molar-refractivity contribution < 1.29 is 19.1 Å². The first-order chi connectivity index (χ1) is 13.3. The van der Waals surface area contributed by atoms with Crippen molar-refractivity contribution in [2.24, 2.45) is 0 Å². The number of piperidine rings is 1.